The van der Waals surface area contributed by atoms with E-state index in [1.807, 2.05) is 19.1 Å². The molecule has 1 unspecified atom stereocenters. The highest BCUT2D eigenvalue weighted by molar-refractivity contribution is 5.78. The van der Waals surface area contributed by atoms with Crippen molar-refractivity contribution < 1.29 is 9.90 Å². The molecule has 2 rings (SSSR count). The van der Waals surface area contributed by atoms with Gasteiger partial charge in [0, 0.05) is 37.9 Å². The van der Waals surface area contributed by atoms with Crippen LogP contribution in [0.5, 0.6) is 0 Å². The number of pyridine rings is 1. The van der Waals surface area contributed by atoms with Crippen LogP contribution in [0.15, 0.2) is 18.3 Å². The highest BCUT2D eigenvalue weighted by Gasteiger charge is 2.24. The summed E-state index contributed by atoms with van der Waals surface area (Å²) in [5.74, 6) is -0.418. The van der Waals surface area contributed by atoms with Crippen LogP contribution in [0.1, 0.15) is 24.8 Å². The third-order valence-electron chi connectivity index (χ3n) is 3.32. The van der Waals surface area contributed by atoms with E-state index < -0.39 is 11.9 Å². The molecule has 0 saturated carbocycles. The Kier molecular flexibility index (Phi) is 4.15. The molecule has 0 aromatic carbocycles. The predicted molar refractivity (Wildman–Crippen MR) is 70.0 cm³/mol. The maximum absolute atomic E-state index is 11.3. The Morgan fingerprint density at radius 1 is 1.56 bits per heavy atom. The summed E-state index contributed by atoms with van der Waals surface area (Å²) in [5, 5.41) is 12.6. The first kappa shape index (κ1) is 12.8. The number of aromatic nitrogens is 1. The number of nitrogens with one attached hydrogen (secondary N) is 1. The molecule has 1 fully saturated rings. The molecule has 2 N–H and O–H groups in total. The molecular weight excluding hydrogens is 230 g/mol. The van der Waals surface area contributed by atoms with Crippen molar-refractivity contribution >= 4 is 11.8 Å². The van der Waals surface area contributed by atoms with E-state index in [-0.39, 0.29) is 0 Å². The van der Waals surface area contributed by atoms with Crippen LogP contribution in [-0.4, -0.2) is 42.2 Å². The molecule has 1 aromatic rings. The van der Waals surface area contributed by atoms with E-state index in [1.54, 1.807) is 6.20 Å². The van der Waals surface area contributed by atoms with E-state index in [0.29, 0.717) is 6.42 Å². The molecule has 1 aromatic heterocycles. The molecule has 5 nitrogen and oxygen atoms in total. The van der Waals surface area contributed by atoms with Crippen molar-refractivity contribution in [2.45, 2.75) is 19.3 Å². The minimum absolute atomic E-state index is 0.469. The quantitative estimate of drug-likeness (QED) is 0.835. The number of carbonyl (C=O) groups is 1. The van der Waals surface area contributed by atoms with Gasteiger partial charge in [0.15, 0.2) is 0 Å². The minimum Gasteiger partial charge on any atom is -0.481 e. The van der Waals surface area contributed by atoms with E-state index in [0.717, 1.165) is 37.6 Å². The number of aliphatic carboxylic acids is 1. The minimum atomic E-state index is -0.776. The Hall–Kier alpha value is -1.62. The molecule has 5 heteroatoms. The van der Waals surface area contributed by atoms with Gasteiger partial charge < -0.3 is 15.3 Å². The molecule has 98 valence electrons. The summed E-state index contributed by atoms with van der Waals surface area (Å²) in [6.45, 7) is 5.48. The van der Waals surface area contributed by atoms with E-state index in [2.05, 4.69) is 15.2 Å². The summed E-state index contributed by atoms with van der Waals surface area (Å²) < 4.78 is 0. The normalized spacial score (nSPS) is 17.5. The number of rotatable bonds is 4. The molecule has 0 radical (unpaired) electrons. The van der Waals surface area contributed by atoms with Gasteiger partial charge in [0.25, 0.3) is 0 Å². The standard InChI is InChI=1S/C13H19N3O2/c1-2-10(13(17)18)11-4-3-5-15-12(11)16-8-6-14-7-9-16/h3-5,10,14H,2,6-9H2,1H3,(H,17,18). The smallest absolute Gasteiger partial charge is 0.311 e. The average Bonchev–Trinajstić information content (AvgIpc) is 2.41. The second kappa shape index (κ2) is 5.82. The van der Waals surface area contributed by atoms with E-state index in [1.165, 1.54) is 0 Å². The van der Waals surface area contributed by atoms with Crippen LogP contribution in [0.4, 0.5) is 5.82 Å². The van der Waals surface area contributed by atoms with Gasteiger partial charge in [-0.1, -0.05) is 13.0 Å². The van der Waals surface area contributed by atoms with Crippen molar-refractivity contribution in [3.05, 3.63) is 23.9 Å². The summed E-state index contributed by atoms with van der Waals surface area (Å²) in [6.07, 6.45) is 2.32. The highest BCUT2D eigenvalue weighted by Crippen LogP contribution is 2.28. The summed E-state index contributed by atoms with van der Waals surface area (Å²) >= 11 is 0. The molecule has 1 atom stereocenters. The van der Waals surface area contributed by atoms with Crippen LogP contribution in [0.25, 0.3) is 0 Å². The van der Waals surface area contributed by atoms with Crippen molar-refractivity contribution in [3.63, 3.8) is 0 Å². The van der Waals surface area contributed by atoms with Crippen molar-refractivity contribution in [2.24, 2.45) is 0 Å². The molecule has 0 aliphatic carbocycles. The maximum atomic E-state index is 11.3. The van der Waals surface area contributed by atoms with Crippen molar-refractivity contribution in [2.75, 3.05) is 31.1 Å². The van der Waals surface area contributed by atoms with Gasteiger partial charge in [-0.3, -0.25) is 4.79 Å². The lowest BCUT2D eigenvalue weighted by Crippen LogP contribution is -2.44. The zero-order chi connectivity index (χ0) is 13.0. The van der Waals surface area contributed by atoms with Crippen molar-refractivity contribution in [3.8, 4) is 0 Å². The van der Waals surface area contributed by atoms with Crippen LogP contribution in [0, 0.1) is 0 Å². The average molecular weight is 249 g/mol. The lowest BCUT2D eigenvalue weighted by atomic mass is 9.96. The first-order valence-corrected chi connectivity index (χ1v) is 6.37. The molecule has 0 spiro atoms. The largest absolute Gasteiger partial charge is 0.481 e. The molecule has 1 aliphatic rings. The SMILES string of the molecule is CCC(C(=O)O)c1cccnc1N1CCNCC1. The van der Waals surface area contributed by atoms with Crippen molar-refractivity contribution in [1.82, 2.24) is 10.3 Å². The lowest BCUT2D eigenvalue weighted by Gasteiger charge is -2.30. The van der Waals surface area contributed by atoms with E-state index in [4.69, 9.17) is 0 Å². The number of carboxylic acid groups (broad SMARTS) is 1. The van der Waals surface area contributed by atoms with Crippen LogP contribution in [-0.2, 0) is 4.79 Å². The first-order valence-electron chi connectivity index (χ1n) is 6.37. The molecular formula is C13H19N3O2. The number of nitrogens with zero attached hydrogens (tertiary/aromatic N) is 2. The zero-order valence-electron chi connectivity index (χ0n) is 10.6. The Labute approximate surface area is 107 Å². The van der Waals surface area contributed by atoms with Crippen LogP contribution < -0.4 is 10.2 Å². The first-order chi connectivity index (χ1) is 8.74. The molecule has 18 heavy (non-hydrogen) atoms. The Morgan fingerprint density at radius 2 is 2.28 bits per heavy atom. The van der Waals surface area contributed by atoms with Crippen LogP contribution in [0.2, 0.25) is 0 Å². The summed E-state index contributed by atoms with van der Waals surface area (Å²) in [5.41, 5.74) is 0.828. The number of hydrogen-bond donors (Lipinski definition) is 2. The summed E-state index contributed by atoms with van der Waals surface area (Å²) in [6, 6.07) is 3.69. The van der Waals surface area contributed by atoms with Crippen LogP contribution in [0.3, 0.4) is 0 Å². The van der Waals surface area contributed by atoms with E-state index >= 15 is 0 Å². The van der Waals surface area contributed by atoms with Gasteiger partial charge in [0.05, 0.1) is 5.92 Å². The Morgan fingerprint density at radius 3 is 2.89 bits per heavy atom. The number of anilines is 1. The fourth-order valence-corrected chi connectivity index (χ4v) is 2.35. The third kappa shape index (κ3) is 2.61. The van der Waals surface area contributed by atoms with Crippen molar-refractivity contribution in [1.29, 1.82) is 0 Å². The maximum Gasteiger partial charge on any atom is 0.311 e. The monoisotopic (exact) mass is 249 g/mol. The zero-order valence-corrected chi connectivity index (χ0v) is 10.6. The third-order valence-corrected chi connectivity index (χ3v) is 3.32. The van der Waals surface area contributed by atoms with Gasteiger partial charge in [-0.15, -0.1) is 0 Å². The van der Waals surface area contributed by atoms with Gasteiger partial charge in [-0.25, -0.2) is 4.98 Å². The fraction of sp³-hybridized carbons (Fsp3) is 0.538. The van der Waals surface area contributed by atoms with Gasteiger partial charge in [0.2, 0.25) is 0 Å². The molecule has 1 aliphatic heterocycles. The topological polar surface area (TPSA) is 65.5 Å². The highest BCUT2D eigenvalue weighted by atomic mass is 16.4. The number of carboxylic acids is 1. The second-order valence-electron chi connectivity index (χ2n) is 4.45. The van der Waals surface area contributed by atoms with Gasteiger partial charge in [-0.2, -0.15) is 0 Å². The number of hydrogen-bond acceptors (Lipinski definition) is 4. The Bertz CT molecular complexity index is 416. The molecule has 1 saturated heterocycles. The van der Waals surface area contributed by atoms with E-state index in [9.17, 15) is 9.90 Å². The summed E-state index contributed by atoms with van der Waals surface area (Å²) in [4.78, 5) is 17.9. The van der Waals surface area contributed by atoms with Gasteiger partial charge >= 0.3 is 5.97 Å². The molecule has 0 amide bonds. The predicted octanol–water partition coefficient (Wildman–Crippen LogP) is 1.07. The number of piperazine rings is 1. The molecule has 2 heterocycles. The lowest BCUT2D eigenvalue weighted by molar-refractivity contribution is -0.138. The second-order valence-corrected chi connectivity index (χ2v) is 4.45. The summed E-state index contributed by atoms with van der Waals surface area (Å²) in [7, 11) is 0. The Balaban J connectivity index is 2.31. The van der Waals surface area contributed by atoms with Gasteiger partial charge in [0.1, 0.15) is 5.82 Å². The van der Waals surface area contributed by atoms with Crippen LogP contribution >= 0.6 is 0 Å². The fourth-order valence-electron chi connectivity index (χ4n) is 2.35. The van der Waals surface area contributed by atoms with Gasteiger partial charge in [-0.05, 0) is 12.5 Å². The molecule has 0 bridgehead atoms.